The molecule has 0 aromatic carbocycles. The SMILES string of the molecule is Cc1ccnc(N2CC3CN(c4ncccc4F)CC3C2)n1. The summed E-state index contributed by atoms with van der Waals surface area (Å²) < 4.78 is 13.9. The van der Waals surface area contributed by atoms with E-state index in [0.717, 1.165) is 37.8 Å². The summed E-state index contributed by atoms with van der Waals surface area (Å²) in [4.78, 5) is 17.4. The summed E-state index contributed by atoms with van der Waals surface area (Å²) in [6.07, 6.45) is 3.46. The van der Waals surface area contributed by atoms with Crippen LogP contribution in [0.1, 0.15) is 5.69 Å². The second-order valence-corrected chi connectivity index (χ2v) is 6.14. The van der Waals surface area contributed by atoms with Crippen molar-refractivity contribution in [3.8, 4) is 0 Å². The molecule has 2 aromatic rings. The number of pyridine rings is 1. The monoisotopic (exact) mass is 299 g/mol. The molecule has 2 aliphatic heterocycles. The van der Waals surface area contributed by atoms with E-state index in [1.807, 2.05) is 13.0 Å². The number of aromatic nitrogens is 3. The van der Waals surface area contributed by atoms with Crippen molar-refractivity contribution in [3.05, 3.63) is 42.1 Å². The first-order chi connectivity index (χ1) is 10.7. The number of nitrogens with zero attached hydrogens (tertiary/aromatic N) is 5. The Labute approximate surface area is 128 Å². The van der Waals surface area contributed by atoms with E-state index in [1.54, 1.807) is 18.5 Å². The molecule has 2 aliphatic rings. The Morgan fingerprint density at radius 3 is 2.41 bits per heavy atom. The second-order valence-electron chi connectivity index (χ2n) is 6.14. The van der Waals surface area contributed by atoms with Crippen LogP contribution in [-0.2, 0) is 0 Å². The molecule has 0 aliphatic carbocycles. The van der Waals surface area contributed by atoms with Gasteiger partial charge in [-0.1, -0.05) is 0 Å². The van der Waals surface area contributed by atoms with Crippen molar-refractivity contribution in [2.24, 2.45) is 11.8 Å². The third-order valence-electron chi connectivity index (χ3n) is 4.59. The molecule has 2 unspecified atom stereocenters. The Morgan fingerprint density at radius 2 is 1.73 bits per heavy atom. The van der Waals surface area contributed by atoms with Crippen molar-refractivity contribution in [3.63, 3.8) is 0 Å². The highest BCUT2D eigenvalue weighted by Crippen LogP contribution is 2.35. The normalized spacial score (nSPS) is 23.9. The maximum absolute atomic E-state index is 13.9. The molecule has 0 spiro atoms. The first-order valence-corrected chi connectivity index (χ1v) is 7.61. The zero-order valence-electron chi connectivity index (χ0n) is 12.5. The molecule has 5 nitrogen and oxygen atoms in total. The lowest BCUT2D eigenvalue weighted by atomic mass is 10.0. The minimum Gasteiger partial charge on any atom is -0.353 e. The Morgan fingerprint density at radius 1 is 1.00 bits per heavy atom. The van der Waals surface area contributed by atoms with Gasteiger partial charge in [0.1, 0.15) is 0 Å². The third kappa shape index (κ3) is 2.28. The zero-order valence-corrected chi connectivity index (χ0v) is 12.5. The highest BCUT2D eigenvalue weighted by Gasteiger charge is 2.41. The molecule has 0 N–H and O–H groups in total. The first-order valence-electron chi connectivity index (χ1n) is 7.61. The van der Waals surface area contributed by atoms with Gasteiger partial charge >= 0.3 is 0 Å². The van der Waals surface area contributed by atoms with Gasteiger partial charge in [-0.25, -0.2) is 19.3 Å². The lowest BCUT2D eigenvalue weighted by Gasteiger charge is -2.22. The van der Waals surface area contributed by atoms with Crippen molar-refractivity contribution < 1.29 is 4.39 Å². The average Bonchev–Trinajstić information content (AvgIpc) is 3.06. The van der Waals surface area contributed by atoms with E-state index in [4.69, 9.17) is 0 Å². The Balaban J connectivity index is 1.48. The zero-order chi connectivity index (χ0) is 15.1. The van der Waals surface area contributed by atoms with Gasteiger partial charge in [-0.2, -0.15) is 0 Å². The first kappa shape index (κ1) is 13.4. The van der Waals surface area contributed by atoms with Crippen molar-refractivity contribution in [1.29, 1.82) is 0 Å². The summed E-state index contributed by atoms with van der Waals surface area (Å²) in [6.45, 7) is 5.54. The van der Waals surface area contributed by atoms with Crippen molar-refractivity contribution >= 4 is 11.8 Å². The van der Waals surface area contributed by atoms with Crippen molar-refractivity contribution in [1.82, 2.24) is 15.0 Å². The van der Waals surface area contributed by atoms with Crippen LogP contribution in [0, 0.1) is 24.6 Å². The molecule has 0 saturated carbocycles. The van der Waals surface area contributed by atoms with Gasteiger partial charge in [-0.15, -0.1) is 0 Å². The van der Waals surface area contributed by atoms with E-state index in [9.17, 15) is 4.39 Å². The van der Waals surface area contributed by atoms with Gasteiger partial charge in [0.15, 0.2) is 11.6 Å². The van der Waals surface area contributed by atoms with Crippen molar-refractivity contribution in [2.45, 2.75) is 6.92 Å². The smallest absolute Gasteiger partial charge is 0.225 e. The molecular formula is C16H18FN5. The fourth-order valence-corrected chi connectivity index (χ4v) is 3.53. The van der Waals surface area contributed by atoms with Gasteiger partial charge in [0.2, 0.25) is 5.95 Å². The van der Waals surface area contributed by atoms with E-state index < -0.39 is 0 Å². The number of hydrogen-bond donors (Lipinski definition) is 0. The molecule has 6 heteroatoms. The quantitative estimate of drug-likeness (QED) is 0.847. The van der Waals surface area contributed by atoms with Crippen LogP contribution in [0.3, 0.4) is 0 Å². The van der Waals surface area contributed by atoms with E-state index in [0.29, 0.717) is 17.7 Å². The number of hydrogen-bond acceptors (Lipinski definition) is 5. The van der Waals surface area contributed by atoms with Gasteiger partial charge < -0.3 is 9.80 Å². The predicted octanol–water partition coefficient (Wildman–Crippen LogP) is 1.89. The molecule has 22 heavy (non-hydrogen) atoms. The van der Waals surface area contributed by atoms with Crippen LogP contribution in [0.4, 0.5) is 16.2 Å². The van der Waals surface area contributed by atoms with Crippen LogP contribution < -0.4 is 9.80 Å². The summed E-state index contributed by atoms with van der Waals surface area (Å²) in [7, 11) is 0. The molecular weight excluding hydrogens is 281 g/mol. The summed E-state index contributed by atoms with van der Waals surface area (Å²) in [6, 6.07) is 5.02. The summed E-state index contributed by atoms with van der Waals surface area (Å²) in [5, 5.41) is 0. The van der Waals surface area contributed by atoms with Crippen molar-refractivity contribution in [2.75, 3.05) is 36.0 Å². The summed E-state index contributed by atoms with van der Waals surface area (Å²) in [5.74, 6) is 2.10. The molecule has 2 fully saturated rings. The van der Waals surface area contributed by atoms with E-state index >= 15 is 0 Å². The van der Waals surface area contributed by atoms with Gasteiger partial charge in [0.25, 0.3) is 0 Å². The fourth-order valence-electron chi connectivity index (χ4n) is 3.53. The Bertz CT molecular complexity index is 678. The van der Waals surface area contributed by atoms with E-state index in [-0.39, 0.29) is 5.82 Å². The standard InChI is InChI=1S/C16H18FN5/c1-11-4-6-19-16(20-11)22-9-12-7-21(8-13(12)10-22)15-14(17)3-2-5-18-15/h2-6,12-13H,7-10H2,1H3. The van der Waals surface area contributed by atoms with E-state index in [2.05, 4.69) is 24.8 Å². The molecule has 0 bridgehead atoms. The fraction of sp³-hybridized carbons (Fsp3) is 0.438. The molecule has 4 heterocycles. The minimum atomic E-state index is -0.235. The maximum atomic E-state index is 13.9. The molecule has 2 atom stereocenters. The topological polar surface area (TPSA) is 45.2 Å². The highest BCUT2D eigenvalue weighted by molar-refractivity contribution is 5.43. The van der Waals surface area contributed by atoms with E-state index in [1.165, 1.54) is 6.07 Å². The second kappa shape index (κ2) is 5.19. The third-order valence-corrected chi connectivity index (χ3v) is 4.59. The summed E-state index contributed by atoms with van der Waals surface area (Å²) >= 11 is 0. The van der Waals surface area contributed by atoms with Gasteiger partial charge in [-0.3, -0.25) is 0 Å². The molecule has 114 valence electrons. The van der Waals surface area contributed by atoms with Crippen LogP contribution in [-0.4, -0.2) is 41.1 Å². The molecule has 4 rings (SSSR count). The van der Waals surface area contributed by atoms with Crippen LogP contribution in [0.2, 0.25) is 0 Å². The Hall–Kier alpha value is -2.24. The van der Waals surface area contributed by atoms with Gasteiger partial charge in [-0.05, 0) is 25.1 Å². The molecule has 0 amide bonds. The molecule has 0 radical (unpaired) electrons. The van der Waals surface area contributed by atoms with Gasteiger partial charge in [0, 0.05) is 56.1 Å². The minimum absolute atomic E-state index is 0.235. The largest absolute Gasteiger partial charge is 0.353 e. The van der Waals surface area contributed by atoms with Gasteiger partial charge in [0.05, 0.1) is 0 Å². The lowest BCUT2D eigenvalue weighted by Crippen LogP contribution is -2.30. The summed E-state index contributed by atoms with van der Waals surface area (Å²) in [5.41, 5.74) is 0.985. The lowest BCUT2D eigenvalue weighted by molar-refractivity contribution is 0.533. The number of anilines is 2. The Kier molecular flexibility index (Phi) is 3.17. The van der Waals surface area contributed by atoms with Crippen LogP contribution in [0.5, 0.6) is 0 Å². The predicted molar refractivity (Wildman–Crippen MR) is 82.4 cm³/mol. The van der Waals surface area contributed by atoms with Crippen LogP contribution >= 0.6 is 0 Å². The maximum Gasteiger partial charge on any atom is 0.225 e. The number of aryl methyl sites for hydroxylation is 1. The molecule has 2 saturated heterocycles. The number of rotatable bonds is 2. The molecule has 2 aromatic heterocycles. The number of halogens is 1. The van der Waals surface area contributed by atoms with Crippen LogP contribution in [0.15, 0.2) is 30.6 Å². The van der Waals surface area contributed by atoms with Crippen LogP contribution in [0.25, 0.3) is 0 Å². The highest BCUT2D eigenvalue weighted by atomic mass is 19.1. The number of fused-ring (bicyclic) bond motifs is 1. The average molecular weight is 299 g/mol.